The summed E-state index contributed by atoms with van der Waals surface area (Å²) in [6.45, 7) is 12.2. The molecule has 2 N–H and O–H groups in total. The van der Waals surface area contributed by atoms with Crippen LogP contribution >= 0.6 is 22.7 Å². The number of hydrogen-bond acceptors (Lipinski definition) is 10. The number of likely N-dealkylation sites (tertiary alicyclic amines) is 2. The fourth-order valence-electron chi connectivity index (χ4n) is 7.91. The van der Waals surface area contributed by atoms with Crippen LogP contribution in [0, 0.1) is 23.7 Å². The molecule has 1 atom stereocenters. The largest absolute Gasteiger partial charge is 0.359 e. The number of carbonyl (C=O) groups excluding carboxylic acids is 2. The molecule has 2 aromatic carbocycles. The molecule has 2 aliphatic heterocycles. The van der Waals surface area contributed by atoms with Gasteiger partial charge in [-0.15, -0.1) is 22.7 Å². The molecule has 4 aromatic heterocycles. The molecule has 1 unspecified atom stereocenters. The molecule has 0 aliphatic carbocycles. The van der Waals surface area contributed by atoms with Crippen molar-refractivity contribution in [3.8, 4) is 42.2 Å². The first-order valence-corrected chi connectivity index (χ1v) is 22.7. The Morgan fingerprint density at radius 1 is 0.633 bits per heavy atom. The van der Waals surface area contributed by atoms with E-state index in [9.17, 15) is 9.59 Å². The molecule has 310 valence electrons. The first kappa shape index (κ1) is 41.6. The molecule has 0 saturated carbocycles. The van der Waals surface area contributed by atoms with Crippen molar-refractivity contribution < 1.29 is 9.59 Å². The standard InChI is InChI=1S/C48H54N8O2S2/c1-31(2)19-41-15-14-38(22-51-41)43-23-53-47(59-43)36-10-5-34(6-11-36)26-56-29-40(30-56)46(58)50-18-17-32(3)20-35-9-16-42(52-21-35)44-24-54-48(60-44)37-12-7-33(8-13-37)25-55-27-39(28-55)45(57)49-4/h5-16,21-24,31-32,39-40H,17-20,25-30H2,1-4H3,(H,49,57)(H,50,58). The van der Waals surface area contributed by atoms with Crippen LogP contribution in [-0.4, -0.2) is 81.3 Å². The zero-order valence-corrected chi connectivity index (χ0v) is 36.6. The molecule has 2 aliphatic rings. The molecule has 12 heteroatoms. The summed E-state index contributed by atoms with van der Waals surface area (Å²) in [5.74, 6) is 1.45. The van der Waals surface area contributed by atoms with Crippen LogP contribution in [0.5, 0.6) is 0 Å². The van der Waals surface area contributed by atoms with Crippen molar-refractivity contribution in [3.05, 3.63) is 120 Å². The van der Waals surface area contributed by atoms with Gasteiger partial charge in [-0.1, -0.05) is 81.4 Å². The van der Waals surface area contributed by atoms with E-state index in [1.54, 1.807) is 29.7 Å². The van der Waals surface area contributed by atoms with Crippen molar-refractivity contribution >= 4 is 34.5 Å². The summed E-state index contributed by atoms with van der Waals surface area (Å²) < 4.78 is 0. The van der Waals surface area contributed by atoms with Crippen LogP contribution in [0.2, 0.25) is 0 Å². The van der Waals surface area contributed by atoms with Crippen LogP contribution < -0.4 is 10.6 Å². The van der Waals surface area contributed by atoms with Crippen molar-refractivity contribution in [2.24, 2.45) is 23.7 Å². The van der Waals surface area contributed by atoms with Crippen LogP contribution in [0.4, 0.5) is 0 Å². The Hall–Kier alpha value is -5.14. The van der Waals surface area contributed by atoms with Crippen LogP contribution in [0.25, 0.3) is 42.2 Å². The third-order valence-electron chi connectivity index (χ3n) is 11.5. The summed E-state index contributed by atoms with van der Waals surface area (Å²) in [6.07, 6.45) is 10.6. The minimum Gasteiger partial charge on any atom is -0.359 e. The van der Waals surface area contributed by atoms with E-state index in [4.69, 9.17) is 15.0 Å². The van der Waals surface area contributed by atoms with Gasteiger partial charge in [0.2, 0.25) is 11.8 Å². The summed E-state index contributed by atoms with van der Waals surface area (Å²) in [4.78, 5) is 50.3. The molecule has 2 fully saturated rings. The highest BCUT2D eigenvalue weighted by Gasteiger charge is 2.33. The van der Waals surface area contributed by atoms with Gasteiger partial charge >= 0.3 is 0 Å². The van der Waals surface area contributed by atoms with Gasteiger partial charge < -0.3 is 10.6 Å². The van der Waals surface area contributed by atoms with E-state index >= 15 is 0 Å². The van der Waals surface area contributed by atoms with Crippen molar-refractivity contribution in [2.75, 3.05) is 39.8 Å². The Morgan fingerprint density at radius 2 is 1.20 bits per heavy atom. The summed E-state index contributed by atoms with van der Waals surface area (Å²) in [5.41, 5.74) is 9.04. The quantitative estimate of drug-likeness (QED) is 0.0945. The lowest BCUT2D eigenvalue weighted by Gasteiger charge is -2.38. The number of hydrogen-bond donors (Lipinski definition) is 2. The third kappa shape index (κ3) is 10.4. The Balaban J connectivity index is 0.720. The normalized spacial score (nSPS) is 15.4. The number of amides is 2. The first-order chi connectivity index (χ1) is 29.1. The van der Waals surface area contributed by atoms with E-state index in [1.165, 1.54) is 16.7 Å². The Labute approximate surface area is 361 Å². The van der Waals surface area contributed by atoms with Crippen molar-refractivity contribution in [1.82, 2.24) is 40.4 Å². The van der Waals surface area contributed by atoms with Gasteiger partial charge in [-0.25, -0.2) is 9.97 Å². The highest BCUT2D eigenvalue weighted by molar-refractivity contribution is 7.18. The van der Waals surface area contributed by atoms with Crippen LogP contribution in [-0.2, 0) is 35.5 Å². The van der Waals surface area contributed by atoms with Gasteiger partial charge in [0, 0.05) is 100 Å². The summed E-state index contributed by atoms with van der Waals surface area (Å²) in [7, 11) is 1.70. The van der Waals surface area contributed by atoms with Gasteiger partial charge in [0.25, 0.3) is 0 Å². The first-order valence-electron chi connectivity index (χ1n) is 21.1. The Kier molecular flexibility index (Phi) is 13.2. The van der Waals surface area contributed by atoms with Crippen molar-refractivity contribution in [1.29, 1.82) is 0 Å². The zero-order chi connectivity index (χ0) is 41.6. The molecule has 2 saturated heterocycles. The maximum Gasteiger partial charge on any atom is 0.225 e. The van der Waals surface area contributed by atoms with Gasteiger partial charge in [0.05, 0.1) is 27.3 Å². The van der Waals surface area contributed by atoms with E-state index in [0.29, 0.717) is 18.4 Å². The number of nitrogens with one attached hydrogen (secondary N) is 2. The molecular formula is C48H54N8O2S2. The highest BCUT2D eigenvalue weighted by atomic mass is 32.1. The second-order valence-corrected chi connectivity index (χ2v) is 19.0. The van der Waals surface area contributed by atoms with E-state index in [1.807, 2.05) is 24.8 Å². The molecule has 6 heterocycles. The van der Waals surface area contributed by atoms with Crippen LogP contribution in [0.15, 0.2) is 97.6 Å². The van der Waals surface area contributed by atoms with E-state index in [0.717, 1.165) is 106 Å². The van der Waals surface area contributed by atoms with Gasteiger partial charge in [0.15, 0.2) is 0 Å². The highest BCUT2D eigenvalue weighted by Crippen LogP contribution is 2.34. The maximum absolute atomic E-state index is 12.9. The lowest BCUT2D eigenvalue weighted by Crippen LogP contribution is -2.53. The molecule has 0 bridgehead atoms. The predicted octanol–water partition coefficient (Wildman–Crippen LogP) is 8.25. The molecule has 0 spiro atoms. The van der Waals surface area contributed by atoms with Crippen molar-refractivity contribution in [2.45, 2.75) is 53.1 Å². The van der Waals surface area contributed by atoms with Crippen LogP contribution in [0.1, 0.15) is 49.6 Å². The smallest absolute Gasteiger partial charge is 0.225 e. The van der Waals surface area contributed by atoms with Gasteiger partial charge in [-0.3, -0.25) is 29.4 Å². The number of benzene rings is 2. The number of aromatic nitrogens is 4. The second kappa shape index (κ2) is 19.1. The summed E-state index contributed by atoms with van der Waals surface area (Å²) >= 11 is 3.34. The second-order valence-electron chi connectivity index (χ2n) is 16.9. The number of rotatable bonds is 17. The predicted molar refractivity (Wildman–Crippen MR) is 242 cm³/mol. The molecular weight excluding hydrogens is 785 g/mol. The molecule has 0 radical (unpaired) electrons. The minimum atomic E-state index is 0.0477. The van der Waals surface area contributed by atoms with E-state index in [2.05, 4.69) is 119 Å². The fourth-order valence-corrected chi connectivity index (χ4v) is 9.72. The number of nitrogens with zero attached hydrogens (tertiary/aromatic N) is 6. The zero-order valence-electron chi connectivity index (χ0n) is 34.9. The Morgan fingerprint density at radius 3 is 1.75 bits per heavy atom. The van der Waals surface area contributed by atoms with Crippen molar-refractivity contribution in [3.63, 3.8) is 0 Å². The molecule has 2 amide bonds. The Bertz CT molecular complexity index is 2350. The monoisotopic (exact) mass is 838 g/mol. The SMILES string of the molecule is CNC(=O)C1CN(Cc2ccc(-c3ncc(-c4ccc(CC(C)CCNC(=O)C5CN(Cc6ccc(-c7ncc(-c8ccc(CC(C)C)nc8)s7)cc6)C5)cn4)s3)cc2)C1. The number of pyridine rings is 2. The van der Waals surface area contributed by atoms with Gasteiger partial charge in [-0.2, -0.15) is 0 Å². The molecule has 6 aromatic rings. The summed E-state index contributed by atoms with van der Waals surface area (Å²) in [6, 6.07) is 25.7. The maximum atomic E-state index is 12.9. The fraction of sp³-hybridized carbons (Fsp3) is 0.375. The van der Waals surface area contributed by atoms with E-state index < -0.39 is 0 Å². The lowest BCUT2D eigenvalue weighted by molar-refractivity contribution is -0.131. The number of thiazole rings is 2. The summed E-state index contributed by atoms with van der Waals surface area (Å²) in [5, 5.41) is 7.91. The number of carbonyl (C=O) groups is 2. The van der Waals surface area contributed by atoms with E-state index in [-0.39, 0.29) is 23.7 Å². The minimum absolute atomic E-state index is 0.0477. The average molecular weight is 839 g/mol. The van der Waals surface area contributed by atoms with Gasteiger partial charge in [0.1, 0.15) is 10.0 Å². The topological polar surface area (TPSA) is 116 Å². The average Bonchev–Trinajstić information content (AvgIpc) is 3.93. The van der Waals surface area contributed by atoms with Crippen LogP contribution in [0.3, 0.4) is 0 Å². The molecule has 60 heavy (non-hydrogen) atoms. The lowest BCUT2D eigenvalue weighted by atomic mass is 9.97. The van der Waals surface area contributed by atoms with Gasteiger partial charge in [-0.05, 0) is 59.9 Å². The third-order valence-corrected chi connectivity index (χ3v) is 13.6. The molecule has 10 nitrogen and oxygen atoms in total. The molecule has 8 rings (SSSR count).